The van der Waals surface area contributed by atoms with E-state index in [1.165, 1.54) is 11.8 Å². The number of nitrogens with zero attached hydrogens (tertiary/aromatic N) is 1. The lowest BCUT2D eigenvalue weighted by Gasteiger charge is -2.26. The second-order valence-electron chi connectivity index (χ2n) is 5.15. The maximum absolute atomic E-state index is 12.5. The van der Waals surface area contributed by atoms with Crippen molar-refractivity contribution in [1.82, 2.24) is 0 Å². The fourth-order valence-corrected chi connectivity index (χ4v) is 3.42. The van der Waals surface area contributed by atoms with Crippen LogP contribution in [0.3, 0.4) is 0 Å². The average Bonchev–Trinajstić information content (AvgIpc) is 2.87. The second kappa shape index (κ2) is 7.49. The number of carbonyl (C=O) groups excluding carboxylic acids is 1. The molecule has 1 aromatic heterocycles. The van der Waals surface area contributed by atoms with Crippen LogP contribution in [0.2, 0.25) is 0 Å². The van der Waals surface area contributed by atoms with Crippen LogP contribution >= 0.6 is 11.8 Å². The minimum absolute atomic E-state index is 0.000602. The van der Waals surface area contributed by atoms with Crippen molar-refractivity contribution in [2.45, 2.75) is 38.7 Å². The van der Waals surface area contributed by atoms with Crippen LogP contribution in [0.15, 0.2) is 38.4 Å². The SMILES string of the molecule is CCOC(=O)C1=C(C)OC(N)=C(C#N)[C@H]1c1cc(C)oc1SCC. The molecule has 0 spiro atoms. The number of nitriles is 1. The van der Waals surface area contributed by atoms with E-state index in [1.54, 1.807) is 13.8 Å². The van der Waals surface area contributed by atoms with Gasteiger partial charge in [0, 0.05) is 5.56 Å². The number of aryl methyl sites for hydroxylation is 1. The van der Waals surface area contributed by atoms with Gasteiger partial charge in [-0.2, -0.15) is 5.26 Å². The summed E-state index contributed by atoms with van der Waals surface area (Å²) < 4.78 is 16.3. The zero-order valence-electron chi connectivity index (χ0n) is 14.1. The van der Waals surface area contributed by atoms with Gasteiger partial charge in [0.1, 0.15) is 23.2 Å². The maximum Gasteiger partial charge on any atom is 0.338 e. The molecular formula is C17H20N2O4S. The number of thioether (sulfide) groups is 1. The molecular weight excluding hydrogens is 328 g/mol. The monoisotopic (exact) mass is 348 g/mol. The lowest BCUT2D eigenvalue weighted by Crippen LogP contribution is -2.25. The summed E-state index contributed by atoms with van der Waals surface area (Å²) in [4.78, 5) is 12.5. The molecule has 1 aromatic rings. The van der Waals surface area contributed by atoms with Gasteiger partial charge in [0.2, 0.25) is 5.88 Å². The van der Waals surface area contributed by atoms with Crippen molar-refractivity contribution in [3.63, 3.8) is 0 Å². The average molecular weight is 348 g/mol. The standard InChI is InChI=1S/C17H20N2O4S/c1-5-21-16(20)13-10(4)23-15(19)12(8-18)14(13)11-7-9(3)22-17(11)24-6-2/h7,14H,5-6,19H2,1-4H3/t14-/m1/s1. The van der Waals surface area contributed by atoms with Crippen molar-refractivity contribution >= 4 is 17.7 Å². The Balaban J connectivity index is 2.65. The van der Waals surface area contributed by atoms with E-state index < -0.39 is 11.9 Å². The molecule has 0 fully saturated rings. The van der Waals surface area contributed by atoms with Gasteiger partial charge in [-0.05, 0) is 32.6 Å². The summed E-state index contributed by atoms with van der Waals surface area (Å²) in [5.41, 5.74) is 7.07. The van der Waals surface area contributed by atoms with Crippen LogP contribution in [0.4, 0.5) is 0 Å². The molecule has 1 atom stereocenters. The van der Waals surface area contributed by atoms with Gasteiger partial charge in [-0.3, -0.25) is 0 Å². The Kier molecular flexibility index (Phi) is 5.62. The largest absolute Gasteiger partial charge is 0.463 e. The number of rotatable bonds is 5. The van der Waals surface area contributed by atoms with Crippen LogP contribution < -0.4 is 5.73 Å². The van der Waals surface area contributed by atoms with E-state index in [9.17, 15) is 10.1 Å². The normalized spacial score (nSPS) is 17.5. The lowest BCUT2D eigenvalue weighted by atomic mass is 9.84. The zero-order valence-corrected chi connectivity index (χ0v) is 15.0. The molecule has 0 amide bonds. The van der Waals surface area contributed by atoms with Gasteiger partial charge in [-0.15, -0.1) is 0 Å². The van der Waals surface area contributed by atoms with Crippen LogP contribution in [-0.2, 0) is 14.3 Å². The first kappa shape index (κ1) is 18.0. The van der Waals surface area contributed by atoms with E-state index in [-0.39, 0.29) is 23.6 Å². The minimum Gasteiger partial charge on any atom is -0.463 e. The van der Waals surface area contributed by atoms with E-state index in [0.29, 0.717) is 16.6 Å². The van der Waals surface area contributed by atoms with Crippen molar-refractivity contribution < 1.29 is 18.7 Å². The van der Waals surface area contributed by atoms with Crippen molar-refractivity contribution in [1.29, 1.82) is 5.26 Å². The third kappa shape index (κ3) is 3.29. The molecule has 2 N–H and O–H groups in total. The molecule has 0 aliphatic carbocycles. The fraction of sp³-hybridized carbons (Fsp3) is 0.412. The van der Waals surface area contributed by atoms with Crippen molar-refractivity contribution in [2.24, 2.45) is 5.73 Å². The number of furan rings is 1. The van der Waals surface area contributed by atoms with Gasteiger partial charge in [0.15, 0.2) is 5.09 Å². The van der Waals surface area contributed by atoms with Gasteiger partial charge in [-0.25, -0.2) is 4.79 Å². The number of nitrogens with two attached hydrogens (primary N) is 1. The van der Waals surface area contributed by atoms with Crippen LogP contribution in [-0.4, -0.2) is 18.3 Å². The Morgan fingerprint density at radius 2 is 2.17 bits per heavy atom. The van der Waals surface area contributed by atoms with Gasteiger partial charge in [0.25, 0.3) is 0 Å². The summed E-state index contributed by atoms with van der Waals surface area (Å²) >= 11 is 1.50. The van der Waals surface area contributed by atoms with E-state index in [4.69, 9.17) is 19.6 Å². The van der Waals surface area contributed by atoms with Gasteiger partial charge >= 0.3 is 5.97 Å². The number of hydrogen-bond donors (Lipinski definition) is 1. The first-order valence-corrected chi connectivity index (χ1v) is 8.61. The molecule has 7 heteroatoms. The van der Waals surface area contributed by atoms with Crippen LogP contribution in [0.25, 0.3) is 0 Å². The molecule has 0 radical (unpaired) electrons. The van der Waals surface area contributed by atoms with Crippen molar-refractivity contribution in [3.8, 4) is 6.07 Å². The Hall–Kier alpha value is -2.33. The summed E-state index contributed by atoms with van der Waals surface area (Å²) in [6, 6.07) is 3.89. The second-order valence-corrected chi connectivity index (χ2v) is 6.38. The Labute approximate surface area is 145 Å². The van der Waals surface area contributed by atoms with E-state index in [0.717, 1.165) is 11.3 Å². The third-order valence-corrected chi connectivity index (χ3v) is 4.41. The quantitative estimate of drug-likeness (QED) is 0.643. The number of hydrogen-bond acceptors (Lipinski definition) is 7. The first-order valence-electron chi connectivity index (χ1n) is 7.63. The maximum atomic E-state index is 12.5. The Morgan fingerprint density at radius 3 is 2.75 bits per heavy atom. The van der Waals surface area contributed by atoms with Crippen LogP contribution in [0.1, 0.15) is 38.0 Å². The summed E-state index contributed by atoms with van der Waals surface area (Å²) in [7, 11) is 0. The molecule has 24 heavy (non-hydrogen) atoms. The molecule has 0 bridgehead atoms. The zero-order chi connectivity index (χ0) is 17.9. The topological polar surface area (TPSA) is 98.5 Å². The summed E-state index contributed by atoms with van der Waals surface area (Å²) in [5, 5.41) is 10.2. The summed E-state index contributed by atoms with van der Waals surface area (Å²) in [6.07, 6.45) is 0. The van der Waals surface area contributed by atoms with Gasteiger partial charge in [-0.1, -0.05) is 18.7 Å². The number of esters is 1. The van der Waals surface area contributed by atoms with E-state index >= 15 is 0 Å². The van der Waals surface area contributed by atoms with Gasteiger partial charge in [0.05, 0.1) is 18.1 Å². The molecule has 0 unspecified atom stereocenters. The molecule has 0 aromatic carbocycles. The highest BCUT2D eigenvalue weighted by Gasteiger charge is 2.38. The highest BCUT2D eigenvalue weighted by atomic mass is 32.2. The van der Waals surface area contributed by atoms with E-state index in [1.807, 2.05) is 19.9 Å². The predicted molar refractivity (Wildman–Crippen MR) is 89.8 cm³/mol. The van der Waals surface area contributed by atoms with E-state index in [2.05, 4.69) is 6.07 Å². The highest BCUT2D eigenvalue weighted by molar-refractivity contribution is 7.99. The smallest absolute Gasteiger partial charge is 0.338 e. The fourth-order valence-electron chi connectivity index (χ4n) is 2.62. The molecule has 1 aliphatic heterocycles. The Bertz CT molecular complexity index is 755. The molecule has 6 nitrogen and oxygen atoms in total. The Morgan fingerprint density at radius 1 is 1.46 bits per heavy atom. The lowest BCUT2D eigenvalue weighted by molar-refractivity contribution is -0.139. The van der Waals surface area contributed by atoms with Crippen LogP contribution in [0.5, 0.6) is 0 Å². The molecule has 2 rings (SSSR count). The number of ether oxygens (including phenoxy) is 2. The van der Waals surface area contributed by atoms with Crippen molar-refractivity contribution in [3.05, 3.63) is 40.2 Å². The van der Waals surface area contributed by atoms with Gasteiger partial charge < -0.3 is 19.6 Å². The highest BCUT2D eigenvalue weighted by Crippen LogP contribution is 2.44. The third-order valence-electron chi connectivity index (χ3n) is 3.54. The number of carbonyl (C=O) groups is 1. The molecule has 0 saturated heterocycles. The minimum atomic E-state index is -0.658. The van der Waals surface area contributed by atoms with Crippen molar-refractivity contribution in [2.75, 3.05) is 12.4 Å². The van der Waals surface area contributed by atoms with Crippen LogP contribution in [0, 0.1) is 18.3 Å². The molecule has 0 saturated carbocycles. The number of allylic oxidation sites excluding steroid dienone is 2. The predicted octanol–water partition coefficient (Wildman–Crippen LogP) is 3.34. The molecule has 128 valence electrons. The summed E-state index contributed by atoms with van der Waals surface area (Å²) in [5.74, 6) is 0.646. The first-order chi connectivity index (χ1) is 11.4. The summed E-state index contributed by atoms with van der Waals surface area (Å²) in [6.45, 7) is 7.41. The molecule has 2 heterocycles. The molecule has 1 aliphatic rings.